The molecule has 136 valence electrons. The third-order valence-corrected chi connectivity index (χ3v) is 4.83. The minimum atomic E-state index is -0.412. The molecule has 27 heavy (non-hydrogen) atoms. The van der Waals surface area contributed by atoms with Gasteiger partial charge in [-0.1, -0.05) is 12.1 Å². The maximum Gasteiger partial charge on any atom is 0.278 e. The molecule has 0 aliphatic rings. The van der Waals surface area contributed by atoms with Gasteiger partial charge in [0.2, 0.25) is 11.5 Å². The number of rotatable bonds is 5. The molecule has 0 saturated carbocycles. The monoisotopic (exact) mass is 381 g/mol. The van der Waals surface area contributed by atoms with Crippen molar-refractivity contribution in [3.8, 4) is 10.4 Å². The summed E-state index contributed by atoms with van der Waals surface area (Å²) in [6, 6.07) is 13.0. The number of pyridine rings is 1. The topological polar surface area (TPSA) is 94.2 Å². The molecule has 0 aliphatic heterocycles. The highest BCUT2D eigenvalue weighted by Crippen LogP contribution is 2.34. The van der Waals surface area contributed by atoms with Gasteiger partial charge in [0.25, 0.3) is 5.69 Å². The molecule has 0 saturated heterocycles. The van der Waals surface area contributed by atoms with Crippen LogP contribution >= 0.6 is 11.3 Å². The number of nitro benzene ring substituents is 1. The molecule has 0 fully saturated rings. The molecule has 2 heterocycles. The number of carbonyl (C=O) groups is 1. The van der Waals surface area contributed by atoms with Crippen LogP contribution in [-0.4, -0.2) is 15.4 Å². The van der Waals surface area contributed by atoms with Crippen molar-refractivity contribution in [2.45, 2.75) is 0 Å². The van der Waals surface area contributed by atoms with Gasteiger partial charge >= 0.3 is 0 Å². The number of amides is 1. The predicted octanol–water partition coefficient (Wildman–Crippen LogP) is 3.67. The maximum atomic E-state index is 12.0. The Hall–Kier alpha value is -3.52. The second kappa shape index (κ2) is 7.79. The number of carbonyl (C=O) groups excluding carboxylic acids is 1. The summed E-state index contributed by atoms with van der Waals surface area (Å²) in [6.07, 6.45) is 4.55. The van der Waals surface area contributed by atoms with E-state index in [1.807, 2.05) is 0 Å². The number of aromatic nitrogens is 1. The van der Waals surface area contributed by atoms with Crippen LogP contribution in [0.15, 0.2) is 65.6 Å². The van der Waals surface area contributed by atoms with Crippen LogP contribution < -0.4 is 10.9 Å². The van der Waals surface area contributed by atoms with E-state index in [4.69, 9.17) is 0 Å². The molecule has 1 amide bonds. The first-order valence-electron chi connectivity index (χ1n) is 7.93. The van der Waals surface area contributed by atoms with Crippen molar-refractivity contribution in [2.75, 3.05) is 5.32 Å². The van der Waals surface area contributed by atoms with Crippen molar-refractivity contribution in [1.29, 1.82) is 0 Å². The minimum Gasteiger partial charge on any atom is -0.321 e. The Morgan fingerprint density at radius 3 is 2.70 bits per heavy atom. The standard InChI is InChI=1S/C19H15N3O4S/c1-21-12-13(6-11-19(21)24)20-18(23)10-8-14-7-9-17(27-14)15-4-2-3-5-16(15)22(25)26/h2-12H,1H3,(H,20,23)/b10-8+. The lowest BCUT2D eigenvalue weighted by molar-refractivity contribution is -0.384. The fraction of sp³-hybridized carbons (Fsp3) is 0.0526. The summed E-state index contributed by atoms with van der Waals surface area (Å²) in [6.45, 7) is 0. The Labute approximate surface area is 158 Å². The Balaban J connectivity index is 1.74. The maximum absolute atomic E-state index is 12.0. The first kappa shape index (κ1) is 18.3. The number of benzene rings is 1. The van der Waals surface area contributed by atoms with Crippen molar-refractivity contribution < 1.29 is 9.72 Å². The van der Waals surface area contributed by atoms with Gasteiger partial charge in [0, 0.05) is 41.2 Å². The van der Waals surface area contributed by atoms with E-state index in [0.29, 0.717) is 11.3 Å². The van der Waals surface area contributed by atoms with E-state index in [-0.39, 0.29) is 17.2 Å². The van der Waals surface area contributed by atoms with Crippen molar-refractivity contribution in [3.05, 3.63) is 86.1 Å². The molecule has 1 aromatic carbocycles. The van der Waals surface area contributed by atoms with Gasteiger partial charge in [-0.25, -0.2) is 0 Å². The average molecular weight is 381 g/mol. The van der Waals surface area contributed by atoms with Gasteiger partial charge in [0.15, 0.2) is 0 Å². The molecule has 3 rings (SSSR count). The summed E-state index contributed by atoms with van der Waals surface area (Å²) in [5.41, 5.74) is 0.937. The van der Waals surface area contributed by atoms with Crippen molar-refractivity contribution in [3.63, 3.8) is 0 Å². The van der Waals surface area contributed by atoms with E-state index in [2.05, 4.69) is 5.32 Å². The minimum absolute atomic E-state index is 0.0438. The van der Waals surface area contributed by atoms with Crippen molar-refractivity contribution >= 4 is 34.7 Å². The van der Waals surface area contributed by atoms with E-state index >= 15 is 0 Å². The smallest absolute Gasteiger partial charge is 0.278 e. The second-order valence-electron chi connectivity index (χ2n) is 5.67. The van der Waals surface area contributed by atoms with E-state index in [0.717, 1.165) is 9.75 Å². The zero-order valence-corrected chi connectivity index (χ0v) is 15.1. The third-order valence-electron chi connectivity index (χ3n) is 3.75. The van der Waals surface area contributed by atoms with Crippen LogP contribution in [-0.2, 0) is 11.8 Å². The molecule has 0 aliphatic carbocycles. The lowest BCUT2D eigenvalue weighted by atomic mass is 10.1. The quantitative estimate of drug-likeness (QED) is 0.414. The number of para-hydroxylation sites is 1. The lowest BCUT2D eigenvalue weighted by Crippen LogP contribution is -2.16. The van der Waals surface area contributed by atoms with Gasteiger partial charge < -0.3 is 9.88 Å². The molecule has 0 radical (unpaired) electrons. The van der Waals surface area contributed by atoms with Crippen LogP contribution in [0.1, 0.15) is 4.88 Å². The highest BCUT2D eigenvalue weighted by atomic mass is 32.1. The van der Waals surface area contributed by atoms with Gasteiger partial charge in [-0.2, -0.15) is 0 Å². The summed E-state index contributed by atoms with van der Waals surface area (Å²) < 4.78 is 1.37. The Kier molecular flexibility index (Phi) is 5.28. The molecule has 7 nitrogen and oxygen atoms in total. The van der Waals surface area contributed by atoms with Crippen LogP contribution in [0.3, 0.4) is 0 Å². The SMILES string of the molecule is Cn1cc(NC(=O)/C=C/c2ccc(-c3ccccc3[N+](=O)[O-])s2)ccc1=O. The molecular formula is C19H15N3O4S. The zero-order chi connectivity index (χ0) is 19.4. The molecule has 0 unspecified atom stereocenters. The number of thiophene rings is 1. The number of anilines is 1. The Morgan fingerprint density at radius 1 is 1.19 bits per heavy atom. The first-order valence-corrected chi connectivity index (χ1v) is 8.75. The van der Waals surface area contributed by atoms with Crippen molar-refractivity contribution in [2.24, 2.45) is 7.05 Å². The summed E-state index contributed by atoms with van der Waals surface area (Å²) in [4.78, 5) is 35.7. The van der Waals surface area contributed by atoms with Gasteiger partial charge in [-0.3, -0.25) is 19.7 Å². The largest absolute Gasteiger partial charge is 0.321 e. The van der Waals surface area contributed by atoms with Crippen LogP contribution in [0.25, 0.3) is 16.5 Å². The summed E-state index contributed by atoms with van der Waals surface area (Å²) in [7, 11) is 1.60. The Morgan fingerprint density at radius 2 is 1.96 bits per heavy atom. The van der Waals surface area contributed by atoms with Crippen LogP contribution in [0.2, 0.25) is 0 Å². The predicted molar refractivity (Wildman–Crippen MR) is 106 cm³/mol. The number of hydrogen-bond donors (Lipinski definition) is 1. The molecule has 0 bridgehead atoms. The van der Waals surface area contributed by atoms with E-state index in [1.165, 1.54) is 46.4 Å². The van der Waals surface area contributed by atoms with E-state index < -0.39 is 4.92 Å². The summed E-state index contributed by atoms with van der Waals surface area (Å²) >= 11 is 1.35. The third kappa shape index (κ3) is 4.36. The van der Waals surface area contributed by atoms with Gasteiger partial charge in [0.05, 0.1) is 16.2 Å². The van der Waals surface area contributed by atoms with Gasteiger partial charge in [0.1, 0.15) is 0 Å². The van der Waals surface area contributed by atoms with Crippen LogP contribution in [0.5, 0.6) is 0 Å². The number of aryl methyl sites for hydroxylation is 1. The highest BCUT2D eigenvalue weighted by Gasteiger charge is 2.15. The normalized spacial score (nSPS) is 10.9. The fourth-order valence-electron chi connectivity index (χ4n) is 2.44. The molecule has 1 N–H and O–H groups in total. The lowest BCUT2D eigenvalue weighted by Gasteiger charge is -2.03. The molecular weight excluding hydrogens is 366 g/mol. The van der Waals surface area contributed by atoms with E-state index in [9.17, 15) is 19.7 Å². The first-order chi connectivity index (χ1) is 12.9. The van der Waals surface area contributed by atoms with Crippen LogP contribution in [0, 0.1) is 10.1 Å². The van der Waals surface area contributed by atoms with E-state index in [1.54, 1.807) is 43.5 Å². The second-order valence-corrected chi connectivity index (χ2v) is 6.78. The number of hydrogen-bond acceptors (Lipinski definition) is 5. The molecule has 2 aromatic heterocycles. The molecule has 3 aromatic rings. The van der Waals surface area contributed by atoms with Crippen LogP contribution in [0.4, 0.5) is 11.4 Å². The molecule has 8 heteroatoms. The molecule has 0 atom stereocenters. The fourth-order valence-corrected chi connectivity index (χ4v) is 3.38. The van der Waals surface area contributed by atoms with Crippen molar-refractivity contribution in [1.82, 2.24) is 4.57 Å². The average Bonchev–Trinajstić information content (AvgIpc) is 3.12. The van der Waals surface area contributed by atoms with Gasteiger partial charge in [-0.05, 0) is 30.3 Å². The Bertz CT molecular complexity index is 1100. The molecule has 0 spiro atoms. The zero-order valence-electron chi connectivity index (χ0n) is 14.3. The number of nitro groups is 1. The number of nitrogens with zero attached hydrogens (tertiary/aromatic N) is 2. The summed E-state index contributed by atoms with van der Waals surface area (Å²) in [5.74, 6) is -0.339. The highest BCUT2D eigenvalue weighted by molar-refractivity contribution is 7.16. The summed E-state index contributed by atoms with van der Waals surface area (Å²) in [5, 5.41) is 13.8. The number of nitrogens with one attached hydrogen (secondary N) is 1. The van der Waals surface area contributed by atoms with Gasteiger partial charge in [-0.15, -0.1) is 11.3 Å².